The van der Waals surface area contributed by atoms with Crippen molar-refractivity contribution < 1.29 is 9.53 Å². The van der Waals surface area contributed by atoms with Gasteiger partial charge in [0.1, 0.15) is 12.4 Å². The number of ether oxygens (including phenoxy) is 1. The minimum Gasteiger partial charge on any atom is -0.486 e. The predicted molar refractivity (Wildman–Crippen MR) is 80.5 cm³/mol. The van der Waals surface area contributed by atoms with E-state index in [-0.39, 0.29) is 0 Å². The number of benzene rings is 1. The topological polar surface area (TPSA) is 44.1 Å². The van der Waals surface area contributed by atoms with Gasteiger partial charge in [-0.05, 0) is 31.0 Å². The molecule has 0 saturated heterocycles. The van der Waals surface area contributed by atoms with Crippen LogP contribution in [0.25, 0.3) is 0 Å². The first-order valence-electron chi connectivity index (χ1n) is 7.58. The molecule has 0 bridgehead atoms. The number of aromatic nitrogens is 2. The van der Waals surface area contributed by atoms with Crippen LogP contribution in [0.4, 0.5) is 0 Å². The summed E-state index contributed by atoms with van der Waals surface area (Å²) >= 11 is 0. The summed E-state index contributed by atoms with van der Waals surface area (Å²) in [6, 6.07) is 9.79. The summed E-state index contributed by atoms with van der Waals surface area (Å²) in [7, 11) is 0. The van der Waals surface area contributed by atoms with E-state index in [9.17, 15) is 4.79 Å². The highest BCUT2D eigenvalue weighted by Gasteiger charge is 2.16. The molecular weight excluding hydrogens is 264 g/mol. The molecule has 1 saturated carbocycles. The van der Waals surface area contributed by atoms with Gasteiger partial charge in [-0.2, -0.15) is 5.10 Å². The molecule has 0 amide bonds. The molecule has 1 aromatic carbocycles. The van der Waals surface area contributed by atoms with Crippen LogP contribution in [0, 0.1) is 0 Å². The molecule has 4 nitrogen and oxygen atoms in total. The smallest absolute Gasteiger partial charge is 0.153 e. The average Bonchev–Trinajstić information content (AvgIpc) is 3.03. The molecule has 1 aromatic heterocycles. The van der Waals surface area contributed by atoms with Gasteiger partial charge < -0.3 is 4.74 Å². The molecule has 1 heterocycles. The quantitative estimate of drug-likeness (QED) is 0.785. The fourth-order valence-electron chi connectivity index (χ4n) is 2.86. The van der Waals surface area contributed by atoms with Crippen LogP contribution in [0.2, 0.25) is 0 Å². The van der Waals surface area contributed by atoms with E-state index in [1.807, 2.05) is 30.5 Å². The third-order valence-corrected chi connectivity index (χ3v) is 4.03. The predicted octanol–water partition coefficient (Wildman–Crippen LogP) is 3.78. The maximum atomic E-state index is 10.9. The zero-order valence-corrected chi connectivity index (χ0v) is 12.1. The summed E-state index contributed by atoms with van der Waals surface area (Å²) in [5.74, 6) is 0.611. The van der Waals surface area contributed by atoms with Gasteiger partial charge in [-0.15, -0.1) is 0 Å². The lowest BCUT2D eigenvalue weighted by molar-refractivity contribution is 0.111. The van der Waals surface area contributed by atoms with Crippen molar-refractivity contribution in [3.63, 3.8) is 0 Å². The Balaban J connectivity index is 1.63. The Bertz CT molecular complexity index is 600. The largest absolute Gasteiger partial charge is 0.486 e. The third-order valence-electron chi connectivity index (χ3n) is 4.03. The first kappa shape index (κ1) is 13.9. The fourth-order valence-corrected chi connectivity index (χ4v) is 2.86. The lowest BCUT2D eigenvalue weighted by Gasteiger charge is -2.21. The number of carbonyl (C=O) groups excluding carboxylic acids is 1. The molecule has 2 aromatic rings. The molecule has 0 radical (unpaired) electrons. The molecule has 4 heteroatoms. The zero-order chi connectivity index (χ0) is 14.5. The fraction of sp³-hybridized carbons (Fsp3) is 0.412. The SMILES string of the molecule is O=Cc1ccccc1OCc1ccn(C2CCCCC2)n1. The van der Waals surface area contributed by atoms with Gasteiger partial charge in [0, 0.05) is 6.20 Å². The van der Waals surface area contributed by atoms with Crippen LogP contribution in [-0.4, -0.2) is 16.1 Å². The molecule has 21 heavy (non-hydrogen) atoms. The minimum absolute atomic E-state index is 0.393. The summed E-state index contributed by atoms with van der Waals surface area (Å²) in [5.41, 5.74) is 1.48. The number of carbonyl (C=O) groups is 1. The van der Waals surface area contributed by atoms with E-state index >= 15 is 0 Å². The van der Waals surface area contributed by atoms with Crippen molar-refractivity contribution in [2.45, 2.75) is 44.8 Å². The summed E-state index contributed by atoms with van der Waals surface area (Å²) in [6.45, 7) is 0.393. The Morgan fingerprint density at radius 3 is 2.81 bits per heavy atom. The molecule has 0 spiro atoms. The van der Waals surface area contributed by atoms with Crippen LogP contribution < -0.4 is 4.74 Å². The first-order chi connectivity index (χ1) is 10.4. The van der Waals surface area contributed by atoms with Gasteiger partial charge in [0.15, 0.2) is 6.29 Å². The molecule has 1 aliphatic carbocycles. The second-order valence-electron chi connectivity index (χ2n) is 5.52. The van der Waals surface area contributed by atoms with E-state index in [0.29, 0.717) is 24.0 Å². The van der Waals surface area contributed by atoms with Crippen LogP contribution in [0.15, 0.2) is 36.5 Å². The lowest BCUT2D eigenvalue weighted by atomic mass is 9.96. The van der Waals surface area contributed by atoms with Gasteiger partial charge >= 0.3 is 0 Å². The highest BCUT2D eigenvalue weighted by atomic mass is 16.5. The number of rotatable bonds is 5. The molecule has 0 unspecified atom stereocenters. The number of hydrogen-bond acceptors (Lipinski definition) is 3. The van der Waals surface area contributed by atoms with E-state index in [4.69, 9.17) is 4.74 Å². The van der Waals surface area contributed by atoms with E-state index in [1.165, 1.54) is 32.1 Å². The van der Waals surface area contributed by atoms with Crippen molar-refractivity contribution in [1.29, 1.82) is 0 Å². The zero-order valence-electron chi connectivity index (χ0n) is 12.1. The van der Waals surface area contributed by atoms with E-state index in [1.54, 1.807) is 6.07 Å². The van der Waals surface area contributed by atoms with Gasteiger partial charge in [-0.3, -0.25) is 9.48 Å². The van der Waals surface area contributed by atoms with Gasteiger partial charge in [0.05, 0.1) is 17.3 Å². The molecule has 1 fully saturated rings. The van der Waals surface area contributed by atoms with Crippen molar-refractivity contribution in [3.05, 3.63) is 47.8 Å². The molecule has 1 aliphatic rings. The standard InChI is InChI=1S/C17H20N2O2/c20-12-14-6-4-5-9-17(14)21-13-15-10-11-19(18-15)16-7-2-1-3-8-16/h4-6,9-12,16H,1-3,7-8,13H2. The van der Waals surface area contributed by atoms with Crippen LogP contribution in [-0.2, 0) is 6.61 Å². The third kappa shape index (κ3) is 3.32. The van der Waals surface area contributed by atoms with Gasteiger partial charge in [-0.1, -0.05) is 31.4 Å². The average molecular weight is 284 g/mol. The lowest BCUT2D eigenvalue weighted by Crippen LogP contribution is -2.13. The number of nitrogens with zero attached hydrogens (tertiary/aromatic N) is 2. The van der Waals surface area contributed by atoms with E-state index < -0.39 is 0 Å². The summed E-state index contributed by atoms with van der Waals surface area (Å²) in [5, 5.41) is 4.61. The Labute approximate surface area is 124 Å². The second-order valence-corrected chi connectivity index (χ2v) is 5.52. The second kappa shape index (κ2) is 6.57. The van der Waals surface area contributed by atoms with E-state index in [2.05, 4.69) is 9.78 Å². The highest BCUT2D eigenvalue weighted by molar-refractivity contribution is 5.79. The van der Waals surface area contributed by atoms with Crippen LogP contribution in [0.3, 0.4) is 0 Å². The van der Waals surface area contributed by atoms with Crippen molar-refractivity contribution in [3.8, 4) is 5.75 Å². The van der Waals surface area contributed by atoms with Crippen molar-refractivity contribution in [2.75, 3.05) is 0 Å². The summed E-state index contributed by atoms with van der Waals surface area (Å²) in [6.07, 6.45) is 9.23. The Hall–Kier alpha value is -2.10. The van der Waals surface area contributed by atoms with Gasteiger partial charge in [0.25, 0.3) is 0 Å². The van der Waals surface area contributed by atoms with E-state index in [0.717, 1.165) is 12.0 Å². The van der Waals surface area contributed by atoms with Gasteiger partial charge in [0.2, 0.25) is 0 Å². The molecule has 110 valence electrons. The summed E-state index contributed by atoms with van der Waals surface area (Å²) < 4.78 is 7.78. The van der Waals surface area contributed by atoms with Crippen LogP contribution in [0.1, 0.15) is 54.2 Å². The number of para-hydroxylation sites is 1. The van der Waals surface area contributed by atoms with Crippen molar-refractivity contribution in [1.82, 2.24) is 9.78 Å². The first-order valence-corrected chi connectivity index (χ1v) is 7.58. The van der Waals surface area contributed by atoms with Crippen molar-refractivity contribution >= 4 is 6.29 Å². The Kier molecular flexibility index (Phi) is 4.34. The Morgan fingerprint density at radius 2 is 2.00 bits per heavy atom. The molecule has 0 N–H and O–H groups in total. The normalized spacial score (nSPS) is 15.8. The van der Waals surface area contributed by atoms with Gasteiger partial charge in [-0.25, -0.2) is 0 Å². The monoisotopic (exact) mass is 284 g/mol. The molecule has 0 atom stereocenters. The maximum Gasteiger partial charge on any atom is 0.153 e. The van der Waals surface area contributed by atoms with Crippen LogP contribution >= 0.6 is 0 Å². The minimum atomic E-state index is 0.393. The molecule has 0 aliphatic heterocycles. The number of hydrogen-bond donors (Lipinski definition) is 0. The number of aldehydes is 1. The Morgan fingerprint density at radius 1 is 1.19 bits per heavy atom. The maximum absolute atomic E-state index is 10.9. The highest BCUT2D eigenvalue weighted by Crippen LogP contribution is 2.27. The molecule has 3 rings (SSSR count). The van der Waals surface area contributed by atoms with Crippen molar-refractivity contribution in [2.24, 2.45) is 0 Å². The molecular formula is C17H20N2O2. The summed E-state index contributed by atoms with van der Waals surface area (Å²) in [4.78, 5) is 10.9. The van der Waals surface area contributed by atoms with Crippen LogP contribution in [0.5, 0.6) is 5.75 Å².